The third-order valence-corrected chi connectivity index (χ3v) is 2.22. The van der Waals surface area contributed by atoms with Crippen LogP contribution < -0.4 is 5.32 Å². The van der Waals surface area contributed by atoms with Crippen molar-refractivity contribution in [1.29, 1.82) is 0 Å². The largest absolute Gasteiger partial charge is 0.478 e. The molecule has 2 N–H and O–H groups in total. The van der Waals surface area contributed by atoms with Gasteiger partial charge in [-0.05, 0) is 6.07 Å². The van der Waals surface area contributed by atoms with Gasteiger partial charge in [0.05, 0.1) is 11.1 Å². The van der Waals surface area contributed by atoms with Crippen molar-refractivity contribution in [3.05, 3.63) is 30.0 Å². The Kier molecular flexibility index (Phi) is 3.13. The highest BCUT2D eigenvalue weighted by Gasteiger charge is 2.10. The monoisotopic (exact) mass is 235 g/mol. The molecule has 1 aromatic heterocycles. The second-order valence-corrected chi connectivity index (χ2v) is 3.36. The Bertz CT molecular complexity index is 559. The number of carboxylic acid groups (broad SMARTS) is 1. The molecule has 88 valence electrons. The van der Waals surface area contributed by atoms with E-state index < -0.39 is 12.6 Å². The number of nitrogens with one attached hydrogen (secondary N) is 1. The highest BCUT2D eigenvalue weighted by atomic mass is 19.1. The van der Waals surface area contributed by atoms with Crippen molar-refractivity contribution in [2.75, 3.05) is 18.5 Å². The highest BCUT2D eigenvalue weighted by Crippen LogP contribution is 2.17. The van der Waals surface area contributed by atoms with E-state index >= 15 is 0 Å². The van der Waals surface area contributed by atoms with Crippen molar-refractivity contribution < 1.29 is 14.3 Å². The first-order valence-corrected chi connectivity index (χ1v) is 5.01. The topological polar surface area (TPSA) is 75.1 Å². The summed E-state index contributed by atoms with van der Waals surface area (Å²) in [6.07, 6.45) is 1.51. The number of hydrogen-bond acceptors (Lipinski definition) is 4. The van der Waals surface area contributed by atoms with Crippen LogP contribution in [0.5, 0.6) is 0 Å². The Morgan fingerprint density at radius 3 is 3.00 bits per heavy atom. The fraction of sp³-hybridized carbons (Fsp3) is 0.182. The van der Waals surface area contributed by atoms with Gasteiger partial charge in [-0.25, -0.2) is 19.2 Å². The molecule has 0 saturated heterocycles. The molecule has 0 bridgehead atoms. The summed E-state index contributed by atoms with van der Waals surface area (Å²) < 4.78 is 12.0. The fourth-order valence-electron chi connectivity index (χ4n) is 1.47. The summed E-state index contributed by atoms with van der Waals surface area (Å²) in [6, 6.07) is 4.82. The smallest absolute Gasteiger partial charge is 0.337 e. The van der Waals surface area contributed by atoms with Crippen LogP contribution in [-0.4, -0.2) is 34.3 Å². The van der Waals surface area contributed by atoms with Gasteiger partial charge in [0.1, 0.15) is 6.67 Å². The molecule has 6 heteroatoms. The van der Waals surface area contributed by atoms with Crippen LogP contribution in [0.3, 0.4) is 0 Å². The lowest BCUT2D eigenvalue weighted by Gasteiger charge is -2.05. The Balaban J connectivity index is 2.50. The zero-order valence-corrected chi connectivity index (χ0v) is 8.85. The van der Waals surface area contributed by atoms with E-state index in [1.165, 1.54) is 12.3 Å². The molecule has 0 unspecified atom stereocenters. The molecule has 1 heterocycles. The maximum Gasteiger partial charge on any atom is 0.337 e. The summed E-state index contributed by atoms with van der Waals surface area (Å²) in [4.78, 5) is 19.0. The first kappa shape index (κ1) is 11.3. The van der Waals surface area contributed by atoms with E-state index in [0.717, 1.165) is 0 Å². The normalized spacial score (nSPS) is 10.4. The summed E-state index contributed by atoms with van der Waals surface area (Å²) in [5.74, 6) is -0.824. The molecule has 0 aliphatic rings. The van der Waals surface area contributed by atoms with Gasteiger partial charge in [0.25, 0.3) is 0 Å². The molecular formula is C11H10FN3O2. The Hall–Kier alpha value is -2.24. The minimum atomic E-state index is -1.05. The number of halogens is 1. The van der Waals surface area contributed by atoms with E-state index in [9.17, 15) is 9.18 Å². The number of hydrogen-bond donors (Lipinski definition) is 2. The summed E-state index contributed by atoms with van der Waals surface area (Å²) in [5, 5.41) is 12.3. The van der Waals surface area contributed by atoms with Crippen molar-refractivity contribution in [3.63, 3.8) is 0 Å². The van der Waals surface area contributed by atoms with Gasteiger partial charge in [-0.15, -0.1) is 0 Å². The molecule has 2 rings (SSSR count). The molecule has 0 aliphatic carbocycles. The zero-order valence-electron chi connectivity index (χ0n) is 8.85. The van der Waals surface area contributed by atoms with Gasteiger partial charge in [-0.3, -0.25) is 0 Å². The van der Waals surface area contributed by atoms with Crippen molar-refractivity contribution in [2.45, 2.75) is 0 Å². The van der Waals surface area contributed by atoms with Crippen LogP contribution in [-0.2, 0) is 0 Å². The predicted molar refractivity (Wildman–Crippen MR) is 61.0 cm³/mol. The lowest BCUT2D eigenvalue weighted by Crippen LogP contribution is -2.07. The molecular weight excluding hydrogens is 225 g/mol. The molecule has 1 aromatic carbocycles. The van der Waals surface area contributed by atoms with Crippen LogP contribution in [0.4, 0.5) is 10.3 Å². The number of aromatic carboxylic acids is 1. The molecule has 17 heavy (non-hydrogen) atoms. The van der Waals surface area contributed by atoms with Crippen molar-refractivity contribution in [1.82, 2.24) is 9.97 Å². The van der Waals surface area contributed by atoms with Gasteiger partial charge in [0.2, 0.25) is 5.95 Å². The number of alkyl halides is 1. The van der Waals surface area contributed by atoms with Gasteiger partial charge in [0, 0.05) is 18.1 Å². The van der Waals surface area contributed by atoms with Crippen molar-refractivity contribution in [2.24, 2.45) is 0 Å². The summed E-state index contributed by atoms with van der Waals surface area (Å²) in [6.45, 7) is -0.442. The maximum absolute atomic E-state index is 12.0. The maximum atomic E-state index is 12.0. The standard InChI is InChI=1S/C11H10FN3O2/c12-4-5-13-11-14-6-7-2-1-3-8(10(16)17)9(7)15-11/h1-3,6H,4-5H2,(H,16,17)(H,13,14,15). The lowest BCUT2D eigenvalue weighted by molar-refractivity contribution is 0.0699. The second-order valence-electron chi connectivity index (χ2n) is 3.36. The third-order valence-electron chi connectivity index (χ3n) is 2.22. The molecule has 0 atom stereocenters. The average molecular weight is 235 g/mol. The van der Waals surface area contributed by atoms with Gasteiger partial charge in [-0.1, -0.05) is 12.1 Å². The van der Waals surface area contributed by atoms with Gasteiger partial charge < -0.3 is 10.4 Å². The molecule has 0 amide bonds. The van der Waals surface area contributed by atoms with Crippen LogP contribution in [0.1, 0.15) is 10.4 Å². The quantitative estimate of drug-likeness (QED) is 0.843. The molecule has 5 nitrogen and oxygen atoms in total. The number of carbonyl (C=O) groups is 1. The van der Waals surface area contributed by atoms with E-state index in [1.54, 1.807) is 12.1 Å². The first-order chi connectivity index (χ1) is 8.22. The van der Waals surface area contributed by atoms with Gasteiger partial charge in [0.15, 0.2) is 0 Å². The molecule has 0 fully saturated rings. The molecule has 0 aliphatic heterocycles. The second kappa shape index (κ2) is 4.73. The van der Waals surface area contributed by atoms with Gasteiger partial charge in [-0.2, -0.15) is 0 Å². The summed E-state index contributed by atoms with van der Waals surface area (Å²) in [5.41, 5.74) is 0.449. The van der Waals surface area contributed by atoms with Crippen molar-refractivity contribution in [3.8, 4) is 0 Å². The third kappa shape index (κ3) is 2.30. The minimum Gasteiger partial charge on any atom is -0.478 e. The van der Waals surface area contributed by atoms with Crippen LogP contribution in [0.25, 0.3) is 10.9 Å². The van der Waals surface area contributed by atoms with Crippen LogP contribution in [0, 0.1) is 0 Å². The average Bonchev–Trinajstić information content (AvgIpc) is 2.35. The van der Waals surface area contributed by atoms with Crippen LogP contribution in [0.2, 0.25) is 0 Å². The first-order valence-electron chi connectivity index (χ1n) is 5.01. The number of aromatic nitrogens is 2. The van der Waals surface area contributed by atoms with E-state index in [2.05, 4.69) is 15.3 Å². The Morgan fingerprint density at radius 1 is 1.47 bits per heavy atom. The number of rotatable bonds is 4. The van der Waals surface area contributed by atoms with E-state index in [0.29, 0.717) is 10.9 Å². The Morgan fingerprint density at radius 2 is 2.29 bits per heavy atom. The number of benzene rings is 1. The van der Waals surface area contributed by atoms with E-state index in [-0.39, 0.29) is 18.1 Å². The molecule has 2 aromatic rings. The van der Waals surface area contributed by atoms with Crippen LogP contribution >= 0.6 is 0 Å². The number of fused-ring (bicyclic) bond motifs is 1. The minimum absolute atomic E-state index is 0.0980. The zero-order chi connectivity index (χ0) is 12.3. The number of anilines is 1. The number of nitrogens with zero attached hydrogens (tertiary/aromatic N) is 2. The highest BCUT2D eigenvalue weighted by molar-refractivity contribution is 6.01. The van der Waals surface area contributed by atoms with Crippen LogP contribution in [0.15, 0.2) is 24.4 Å². The molecule has 0 radical (unpaired) electrons. The number of carboxylic acids is 1. The predicted octanol–water partition coefficient (Wildman–Crippen LogP) is 1.71. The summed E-state index contributed by atoms with van der Waals surface area (Å²) >= 11 is 0. The molecule has 0 saturated carbocycles. The SMILES string of the molecule is O=C(O)c1cccc2cnc(NCCF)nc12. The van der Waals surface area contributed by atoms with Crippen molar-refractivity contribution >= 4 is 22.8 Å². The van der Waals surface area contributed by atoms with E-state index in [4.69, 9.17) is 5.11 Å². The fourth-order valence-corrected chi connectivity index (χ4v) is 1.47. The Labute approximate surface area is 96.3 Å². The lowest BCUT2D eigenvalue weighted by atomic mass is 10.1. The van der Waals surface area contributed by atoms with Gasteiger partial charge >= 0.3 is 5.97 Å². The van der Waals surface area contributed by atoms with E-state index in [1.807, 2.05) is 0 Å². The molecule has 0 spiro atoms. The summed E-state index contributed by atoms with van der Waals surface area (Å²) in [7, 11) is 0. The number of para-hydroxylation sites is 1.